The molecule has 3 rings (SSSR count). The number of phenolic OH excluding ortho intramolecular Hbond substituents is 1. The van der Waals surface area contributed by atoms with E-state index in [-0.39, 0.29) is 0 Å². The number of phenols is 1. The van der Waals surface area contributed by atoms with Crippen LogP contribution in [-0.2, 0) is 0 Å². The van der Waals surface area contributed by atoms with Crippen LogP contribution in [0, 0.1) is 5.92 Å². The third-order valence-corrected chi connectivity index (χ3v) is 4.94. The SMILES string of the molecule is COc1ccc(O)c([C@@H](C2CCCC2)N2CCNCC2)c1. The highest BCUT2D eigenvalue weighted by Crippen LogP contribution is 2.43. The second-order valence-corrected chi connectivity index (χ2v) is 6.20. The third kappa shape index (κ3) is 3.16. The van der Waals surface area contributed by atoms with Crippen LogP contribution in [0.4, 0.5) is 0 Å². The highest BCUT2D eigenvalue weighted by Gasteiger charge is 2.33. The van der Waals surface area contributed by atoms with Crippen molar-refractivity contribution in [1.29, 1.82) is 0 Å². The molecule has 2 aliphatic rings. The molecule has 1 aliphatic heterocycles. The number of aromatic hydroxyl groups is 1. The van der Waals surface area contributed by atoms with Crippen LogP contribution in [0.15, 0.2) is 18.2 Å². The quantitative estimate of drug-likeness (QED) is 0.894. The number of piperazine rings is 1. The van der Waals surface area contributed by atoms with Crippen LogP contribution in [0.1, 0.15) is 37.3 Å². The largest absolute Gasteiger partial charge is 0.508 e. The van der Waals surface area contributed by atoms with Gasteiger partial charge in [-0.25, -0.2) is 0 Å². The molecule has 1 atom stereocenters. The average Bonchev–Trinajstić information content (AvgIpc) is 3.04. The van der Waals surface area contributed by atoms with Crippen LogP contribution in [0.5, 0.6) is 11.5 Å². The van der Waals surface area contributed by atoms with Crippen molar-refractivity contribution in [3.05, 3.63) is 23.8 Å². The summed E-state index contributed by atoms with van der Waals surface area (Å²) < 4.78 is 5.37. The maximum Gasteiger partial charge on any atom is 0.120 e. The molecule has 0 aromatic heterocycles. The number of nitrogens with zero attached hydrogens (tertiary/aromatic N) is 1. The van der Waals surface area contributed by atoms with Crippen molar-refractivity contribution in [2.75, 3.05) is 33.3 Å². The fraction of sp³-hybridized carbons (Fsp3) is 0.647. The Morgan fingerprint density at radius 1 is 1.24 bits per heavy atom. The lowest BCUT2D eigenvalue weighted by molar-refractivity contribution is 0.123. The molecule has 4 nitrogen and oxygen atoms in total. The van der Waals surface area contributed by atoms with Crippen LogP contribution in [0.2, 0.25) is 0 Å². The molecule has 0 amide bonds. The van der Waals surface area contributed by atoms with Gasteiger partial charge in [-0.3, -0.25) is 4.90 Å². The average molecular weight is 290 g/mol. The first kappa shape index (κ1) is 14.7. The van der Waals surface area contributed by atoms with Gasteiger partial charge in [-0.1, -0.05) is 12.8 Å². The summed E-state index contributed by atoms with van der Waals surface area (Å²) >= 11 is 0. The van der Waals surface area contributed by atoms with Gasteiger partial charge in [0, 0.05) is 37.8 Å². The topological polar surface area (TPSA) is 44.7 Å². The van der Waals surface area contributed by atoms with Crippen molar-refractivity contribution in [3.63, 3.8) is 0 Å². The Labute approximate surface area is 127 Å². The van der Waals surface area contributed by atoms with Gasteiger partial charge in [-0.05, 0) is 37.0 Å². The number of benzene rings is 1. The smallest absolute Gasteiger partial charge is 0.120 e. The summed E-state index contributed by atoms with van der Waals surface area (Å²) in [6.45, 7) is 4.18. The van der Waals surface area contributed by atoms with E-state index in [0.29, 0.717) is 17.7 Å². The van der Waals surface area contributed by atoms with Crippen LogP contribution < -0.4 is 10.1 Å². The molecule has 116 valence electrons. The Morgan fingerprint density at radius 2 is 1.95 bits per heavy atom. The maximum absolute atomic E-state index is 10.4. The van der Waals surface area contributed by atoms with Gasteiger partial charge >= 0.3 is 0 Å². The lowest BCUT2D eigenvalue weighted by Crippen LogP contribution is -2.46. The number of hydrogen-bond acceptors (Lipinski definition) is 4. The minimum absolute atomic E-state index is 0.324. The molecule has 1 aromatic carbocycles. The van der Waals surface area contributed by atoms with E-state index in [1.807, 2.05) is 12.1 Å². The Balaban J connectivity index is 1.93. The van der Waals surface area contributed by atoms with E-state index in [1.165, 1.54) is 25.7 Å². The summed E-state index contributed by atoms with van der Waals surface area (Å²) in [4.78, 5) is 2.54. The molecule has 1 aromatic rings. The zero-order chi connectivity index (χ0) is 14.7. The number of nitrogens with one attached hydrogen (secondary N) is 1. The lowest BCUT2D eigenvalue weighted by Gasteiger charge is -2.39. The predicted molar refractivity (Wildman–Crippen MR) is 83.8 cm³/mol. The van der Waals surface area contributed by atoms with E-state index in [2.05, 4.69) is 10.2 Å². The number of rotatable bonds is 4. The molecule has 1 aliphatic carbocycles. The highest BCUT2D eigenvalue weighted by molar-refractivity contribution is 5.41. The second kappa shape index (κ2) is 6.67. The van der Waals surface area contributed by atoms with Crippen molar-refractivity contribution in [2.45, 2.75) is 31.7 Å². The van der Waals surface area contributed by atoms with Gasteiger partial charge in [-0.15, -0.1) is 0 Å². The van der Waals surface area contributed by atoms with Crippen molar-refractivity contribution in [1.82, 2.24) is 10.2 Å². The number of methoxy groups -OCH3 is 1. The zero-order valence-corrected chi connectivity index (χ0v) is 12.8. The van der Waals surface area contributed by atoms with Crippen LogP contribution in [0.3, 0.4) is 0 Å². The molecule has 2 N–H and O–H groups in total. The van der Waals surface area contributed by atoms with E-state index in [9.17, 15) is 5.11 Å². The Bertz CT molecular complexity index is 466. The molecule has 0 spiro atoms. The van der Waals surface area contributed by atoms with E-state index in [0.717, 1.165) is 37.5 Å². The fourth-order valence-electron chi connectivity index (χ4n) is 3.88. The monoisotopic (exact) mass is 290 g/mol. The number of ether oxygens (including phenoxy) is 1. The van der Waals surface area contributed by atoms with Crippen molar-refractivity contribution in [3.8, 4) is 11.5 Å². The molecule has 0 unspecified atom stereocenters. The highest BCUT2D eigenvalue weighted by atomic mass is 16.5. The maximum atomic E-state index is 10.4. The Hall–Kier alpha value is -1.26. The van der Waals surface area contributed by atoms with Gasteiger partial charge in [0.05, 0.1) is 7.11 Å². The van der Waals surface area contributed by atoms with Crippen LogP contribution in [0.25, 0.3) is 0 Å². The van der Waals surface area contributed by atoms with Crippen molar-refractivity contribution < 1.29 is 9.84 Å². The third-order valence-electron chi connectivity index (χ3n) is 4.94. The van der Waals surface area contributed by atoms with Crippen LogP contribution in [-0.4, -0.2) is 43.3 Å². The summed E-state index contributed by atoms with van der Waals surface area (Å²) in [6, 6.07) is 5.96. The summed E-state index contributed by atoms with van der Waals surface area (Å²) in [5.41, 5.74) is 1.04. The molecular formula is C17H26N2O2. The van der Waals surface area contributed by atoms with Gasteiger partial charge in [0.25, 0.3) is 0 Å². The predicted octanol–water partition coefficient (Wildman–Crippen LogP) is 2.54. The molecule has 1 saturated heterocycles. The summed E-state index contributed by atoms with van der Waals surface area (Å²) in [6.07, 6.45) is 5.17. The first-order valence-electron chi connectivity index (χ1n) is 8.11. The lowest BCUT2D eigenvalue weighted by atomic mass is 9.89. The van der Waals surface area contributed by atoms with E-state index in [1.54, 1.807) is 13.2 Å². The molecule has 2 fully saturated rings. The van der Waals surface area contributed by atoms with Gasteiger partial charge < -0.3 is 15.2 Å². The zero-order valence-electron chi connectivity index (χ0n) is 12.8. The Kier molecular flexibility index (Phi) is 4.66. The van der Waals surface area contributed by atoms with Gasteiger partial charge in [0.15, 0.2) is 0 Å². The van der Waals surface area contributed by atoms with Crippen molar-refractivity contribution in [2.24, 2.45) is 5.92 Å². The van der Waals surface area contributed by atoms with Gasteiger partial charge in [-0.2, -0.15) is 0 Å². The molecule has 21 heavy (non-hydrogen) atoms. The molecule has 0 radical (unpaired) electrons. The molecular weight excluding hydrogens is 264 g/mol. The standard InChI is InChI=1S/C17H26N2O2/c1-21-14-6-7-16(20)15(12-14)17(13-4-2-3-5-13)19-10-8-18-9-11-19/h6-7,12-13,17-18,20H,2-5,8-11H2,1H3/t17-/m1/s1. The Morgan fingerprint density at radius 3 is 2.62 bits per heavy atom. The molecule has 0 bridgehead atoms. The molecule has 4 heteroatoms. The first-order valence-corrected chi connectivity index (χ1v) is 8.11. The fourth-order valence-corrected chi connectivity index (χ4v) is 3.88. The second-order valence-electron chi connectivity index (χ2n) is 6.20. The normalized spacial score (nSPS) is 22.3. The summed E-state index contributed by atoms with van der Waals surface area (Å²) in [5.74, 6) is 1.90. The van der Waals surface area contributed by atoms with Gasteiger partial charge in [0.1, 0.15) is 11.5 Å². The van der Waals surface area contributed by atoms with Crippen molar-refractivity contribution >= 4 is 0 Å². The van der Waals surface area contributed by atoms with Gasteiger partial charge in [0.2, 0.25) is 0 Å². The van der Waals surface area contributed by atoms with E-state index in [4.69, 9.17) is 4.74 Å². The minimum Gasteiger partial charge on any atom is -0.508 e. The molecule has 1 heterocycles. The van der Waals surface area contributed by atoms with Crippen LogP contribution >= 0.6 is 0 Å². The van der Waals surface area contributed by atoms with E-state index < -0.39 is 0 Å². The number of hydrogen-bond donors (Lipinski definition) is 2. The van der Waals surface area contributed by atoms with E-state index >= 15 is 0 Å². The first-order chi connectivity index (χ1) is 10.3. The minimum atomic E-state index is 0.324. The molecule has 1 saturated carbocycles. The summed E-state index contributed by atoms with van der Waals surface area (Å²) in [5, 5.41) is 13.8. The summed E-state index contributed by atoms with van der Waals surface area (Å²) in [7, 11) is 1.69.